The van der Waals surface area contributed by atoms with Gasteiger partial charge in [0.1, 0.15) is 0 Å². The molecule has 1 aromatic carbocycles. The molecule has 0 aliphatic carbocycles. The predicted octanol–water partition coefficient (Wildman–Crippen LogP) is 2.73. The first-order valence-electron chi connectivity index (χ1n) is 6.88. The van der Waals surface area contributed by atoms with Crippen molar-refractivity contribution in [2.45, 2.75) is 36.0 Å². The van der Waals surface area contributed by atoms with Crippen LogP contribution in [0.2, 0.25) is 0 Å². The molecule has 0 saturated carbocycles. The van der Waals surface area contributed by atoms with E-state index >= 15 is 0 Å². The van der Waals surface area contributed by atoms with Gasteiger partial charge < -0.3 is 10.5 Å². The lowest BCUT2D eigenvalue weighted by atomic mass is 9.74. The molecule has 0 bridgehead atoms. The molecule has 2 nitrogen and oxygen atoms in total. The highest BCUT2D eigenvalue weighted by Gasteiger charge is 2.39. The number of rotatable bonds is 4. The van der Waals surface area contributed by atoms with Crippen molar-refractivity contribution in [3.8, 4) is 0 Å². The van der Waals surface area contributed by atoms with Crippen LogP contribution in [0.4, 0.5) is 0 Å². The van der Waals surface area contributed by atoms with Crippen LogP contribution in [-0.2, 0) is 16.6 Å². The Balaban J connectivity index is 1.86. The Bertz CT molecular complexity index is 429. The average molecular weight is 263 g/mol. The van der Waals surface area contributed by atoms with E-state index in [4.69, 9.17) is 10.5 Å². The van der Waals surface area contributed by atoms with Gasteiger partial charge in [-0.25, -0.2) is 0 Å². The fraction of sp³-hybridized carbons (Fsp3) is 0.600. The normalized spacial score (nSPS) is 21.2. The number of fused-ring (bicyclic) bond motifs is 1. The van der Waals surface area contributed by atoms with Crippen molar-refractivity contribution in [2.75, 3.05) is 25.5 Å². The molecule has 2 aliphatic rings. The van der Waals surface area contributed by atoms with E-state index in [9.17, 15) is 0 Å². The summed E-state index contributed by atoms with van der Waals surface area (Å²) in [5.74, 6) is 1.27. The van der Waals surface area contributed by atoms with Crippen LogP contribution in [-0.4, -0.2) is 25.5 Å². The summed E-state index contributed by atoms with van der Waals surface area (Å²) in [6, 6.07) is 7.06. The highest BCUT2D eigenvalue weighted by atomic mass is 32.2. The maximum Gasteiger partial charge on any atom is 0.0585 e. The minimum Gasteiger partial charge on any atom is -0.379 e. The van der Waals surface area contributed by atoms with Crippen molar-refractivity contribution >= 4 is 11.8 Å². The van der Waals surface area contributed by atoms with Gasteiger partial charge in [0.25, 0.3) is 0 Å². The first-order chi connectivity index (χ1) is 8.84. The number of ether oxygens (including phenoxy) is 1. The summed E-state index contributed by atoms with van der Waals surface area (Å²) < 4.78 is 5.49. The SMILES string of the molecule is NCCCC1(c2ccc3c(c2)CCCS3)COC1. The first-order valence-corrected chi connectivity index (χ1v) is 7.87. The molecule has 98 valence electrons. The predicted molar refractivity (Wildman–Crippen MR) is 76.3 cm³/mol. The Labute approximate surface area is 113 Å². The molecule has 0 amide bonds. The molecule has 1 saturated heterocycles. The zero-order chi connectivity index (χ0) is 12.4. The van der Waals surface area contributed by atoms with Gasteiger partial charge in [-0.1, -0.05) is 12.1 Å². The van der Waals surface area contributed by atoms with Crippen molar-refractivity contribution in [1.82, 2.24) is 0 Å². The summed E-state index contributed by atoms with van der Waals surface area (Å²) in [7, 11) is 0. The third kappa shape index (κ3) is 2.20. The average Bonchev–Trinajstić information content (AvgIpc) is 2.37. The maximum absolute atomic E-state index is 5.66. The number of hydrogen-bond donors (Lipinski definition) is 1. The molecular weight excluding hydrogens is 242 g/mol. The molecule has 3 rings (SSSR count). The second kappa shape index (κ2) is 5.24. The van der Waals surface area contributed by atoms with Crippen molar-refractivity contribution in [3.05, 3.63) is 29.3 Å². The van der Waals surface area contributed by atoms with E-state index in [0.717, 1.165) is 32.6 Å². The lowest BCUT2D eigenvalue weighted by molar-refractivity contribution is -0.0649. The van der Waals surface area contributed by atoms with E-state index in [-0.39, 0.29) is 5.41 Å². The molecule has 0 atom stereocenters. The Morgan fingerprint density at radius 1 is 1.33 bits per heavy atom. The van der Waals surface area contributed by atoms with Crippen LogP contribution < -0.4 is 5.73 Å². The number of hydrogen-bond acceptors (Lipinski definition) is 3. The van der Waals surface area contributed by atoms with Gasteiger partial charge in [-0.3, -0.25) is 0 Å². The fourth-order valence-corrected chi connectivity index (χ4v) is 3.95. The monoisotopic (exact) mass is 263 g/mol. The summed E-state index contributed by atoms with van der Waals surface area (Å²) in [4.78, 5) is 1.49. The molecule has 1 fully saturated rings. The quantitative estimate of drug-likeness (QED) is 0.907. The van der Waals surface area contributed by atoms with Crippen LogP contribution in [0.1, 0.15) is 30.4 Å². The van der Waals surface area contributed by atoms with Crippen LogP contribution in [0.15, 0.2) is 23.1 Å². The van der Waals surface area contributed by atoms with Crippen LogP contribution in [0.3, 0.4) is 0 Å². The molecule has 2 heterocycles. The summed E-state index contributed by atoms with van der Waals surface area (Å²) in [6.07, 6.45) is 4.81. The van der Waals surface area contributed by atoms with Crippen molar-refractivity contribution in [1.29, 1.82) is 0 Å². The van der Waals surface area contributed by atoms with E-state index in [2.05, 4.69) is 18.2 Å². The standard InChI is InChI=1S/C15H21NOS/c16-7-2-6-15(10-17-11-15)13-4-5-14-12(9-13)3-1-8-18-14/h4-5,9H,1-3,6-8,10-11,16H2. The zero-order valence-electron chi connectivity index (χ0n) is 10.8. The highest BCUT2D eigenvalue weighted by Crippen LogP contribution is 2.39. The van der Waals surface area contributed by atoms with Crippen molar-refractivity contribution in [3.63, 3.8) is 0 Å². The third-order valence-electron chi connectivity index (χ3n) is 4.14. The molecule has 1 aromatic rings. The van der Waals surface area contributed by atoms with E-state index in [0.29, 0.717) is 0 Å². The van der Waals surface area contributed by atoms with Crippen LogP contribution in [0.25, 0.3) is 0 Å². The number of nitrogens with two attached hydrogens (primary N) is 1. The van der Waals surface area contributed by atoms with E-state index in [1.807, 2.05) is 11.8 Å². The lowest BCUT2D eigenvalue weighted by Gasteiger charge is -2.42. The lowest BCUT2D eigenvalue weighted by Crippen LogP contribution is -2.47. The Morgan fingerprint density at radius 3 is 2.94 bits per heavy atom. The number of thioether (sulfide) groups is 1. The highest BCUT2D eigenvalue weighted by molar-refractivity contribution is 7.99. The maximum atomic E-state index is 5.66. The Morgan fingerprint density at radius 2 is 2.22 bits per heavy atom. The minimum absolute atomic E-state index is 0.260. The molecule has 3 heteroatoms. The Hall–Kier alpha value is -0.510. The second-order valence-corrected chi connectivity index (χ2v) is 6.58. The summed E-state index contributed by atoms with van der Waals surface area (Å²) in [5, 5.41) is 0. The summed E-state index contributed by atoms with van der Waals surface area (Å²) in [6.45, 7) is 2.53. The van der Waals surface area contributed by atoms with Gasteiger partial charge in [-0.05, 0) is 55.2 Å². The van der Waals surface area contributed by atoms with Crippen LogP contribution in [0, 0.1) is 0 Å². The molecule has 0 unspecified atom stereocenters. The first kappa shape index (κ1) is 12.5. The van der Waals surface area contributed by atoms with Gasteiger partial charge in [0.15, 0.2) is 0 Å². The summed E-state index contributed by atoms with van der Waals surface area (Å²) in [5.41, 5.74) is 8.94. The van der Waals surface area contributed by atoms with E-state index in [1.165, 1.54) is 29.1 Å². The second-order valence-electron chi connectivity index (χ2n) is 5.44. The largest absolute Gasteiger partial charge is 0.379 e. The molecule has 0 spiro atoms. The van der Waals surface area contributed by atoms with Crippen molar-refractivity contribution < 1.29 is 4.74 Å². The fourth-order valence-electron chi connectivity index (χ4n) is 2.93. The van der Waals surface area contributed by atoms with Gasteiger partial charge in [-0.2, -0.15) is 0 Å². The molecule has 0 radical (unpaired) electrons. The molecular formula is C15H21NOS. The number of aryl methyl sites for hydroxylation is 1. The van der Waals surface area contributed by atoms with E-state index < -0.39 is 0 Å². The van der Waals surface area contributed by atoms with Gasteiger partial charge in [0, 0.05) is 10.3 Å². The topological polar surface area (TPSA) is 35.2 Å². The number of benzene rings is 1. The minimum atomic E-state index is 0.260. The van der Waals surface area contributed by atoms with Gasteiger partial charge >= 0.3 is 0 Å². The van der Waals surface area contributed by atoms with Gasteiger partial charge in [-0.15, -0.1) is 11.8 Å². The van der Waals surface area contributed by atoms with Gasteiger partial charge in [0.2, 0.25) is 0 Å². The van der Waals surface area contributed by atoms with Crippen LogP contribution in [0.5, 0.6) is 0 Å². The molecule has 2 N–H and O–H groups in total. The summed E-state index contributed by atoms with van der Waals surface area (Å²) >= 11 is 2.00. The van der Waals surface area contributed by atoms with E-state index in [1.54, 1.807) is 5.56 Å². The van der Waals surface area contributed by atoms with Crippen LogP contribution >= 0.6 is 11.8 Å². The van der Waals surface area contributed by atoms with Gasteiger partial charge in [0.05, 0.1) is 13.2 Å². The van der Waals surface area contributed by atoms with Crippen molar-refractivity contribution in [2.24, 2.45) is 5.73 Å². The smallest absolute Gasteiger partial charge is 0.0585 e. The molecule has 18 heavy (non-hydrogen) atoms. The molecule has 0 aromatic heterocycles. The third-order valence-corrected chi connectivity index (χ3v) is 5.34. The molecule has 2 aliphatic heterocycles. The Kier molecular flexibility index (Phi) is 3.64. The zero-order valence-corrected chi connectivity index (χ0v) is 11.6.